The van der Waals surface area contributed by atoms with Gasteiger partial charge in [-0.3, -0.25) is 4.79 Å². The third-order valence-corrected chi connectivity index (χ3v) is 5.04. The molecule has 1 unspecified atom stereocenters. The summed E-state index contributed by atoms with van der Waals surface area (Å²) >= 11 is 0. The fourth-order valence-corrected chi connectivity index (χ4v) is 3.56. The number of carbonyl (C=O) groups excluding carboxylic acids is 2. The molecule has 3 aromatic rings. The summed E-state index contributed by atoms with van der Waals surface area (Å²) in [5.41, 5.74) is 3.49. The van der Waals surface area contributed by atoms with Gasteiger partial charge in [0.25, 0.3) is 5.91 Å². The molecule has 31 heavy (non-hydrogen) atoms. The summed E-state index contributed by atoms with van der Waals surface area (Å²) in [5, 5.41) is 12.5. The standard InChI is InChI=1S/C26H19N3O2/c27-16-19-9-7-8-14-23(19)24-15-20(26(31)28-21-10-3-1-4-11-21)17-29(25(24)18-30)22-12-5-2-6-13-22/h1-15,17-18,25H,(H,28,31). The van der Waals surface area contributed by atoms with Gasteiger partial charge in [0.2, 0.25) is 0 Å². The van der Waals surface area contributed by atoms with Gasteiger partial charge in [-0.25, -0.2) is 0 Å². The van der Waals surface area contributed by atoms with Crippen molar-refractivity contribution in [1.29, 1.82) is 5.26 Å². The van der Waals surface area contributed by atoms with Crippen LogP contribution >= 0.6 is 0 Å². The van der Waals surface area contributed by atoms with Crippen molar-refractivity contribution >= 4 is 29.1 Å². The molecule has 4 rings (SSSR count). The summed E-state index contributed by atoms with van der Waals surface area (Å²) in [4.78, 5) is 27.0. The second-order valence-corrected chi connectivity index (χ2v) is 6.99. The first kappa shape index (κ1) is 19.9. The van der Waals surface area contributed by atoms with E-state index in [4.69, 9.17) is 0 Å². The van der Waals surface area contributed by atoms with Gasteiger partial charge < -0.3 is 15.0 Å². The highest BCUT2D eigenvalue weighted by atomic mass is 16.1. The van der Waals surface area contributed by atoms with Gasteiger partial charge in [0.15, 0.2) is 0 Å². The molecule has 3 aromatic carbocycles. The Morgan fingerprint density at radius 1 is 0.935 bits per heavy atom. The zero-order valence-electron chi connectivity index (χ0n) is 16.6. The van der Waals surface area contributed by atoms with Crippen LogP contribution in [0.3, 0.4) is 0 Å². The molecule has 1 N–H and O–H groups in total. The van der Waals surface area contributed by atoms with Gasteiger partial charge in [-0.1, -0.05) is 54.6 Å². The van der Waals surface area contributed by atoms with Crippen LogP contribution in [0.1, 0.15) is 11.1 Å². The Balaban J connectivity index is 1.82. The topological polar surface area (TPSA) is 73.2 Å². The molecule has 1 atom stereocenters. The molecule has 0 saturated heterocycles. The molecule has 0 bridgehead atoms. The van der Waals surface area contributed by atoms with E-state index in [-0.39, 0.29) is 5.91 Å². The number of benzene rings is 3. The average Bonchev–Trinajstić information content (AvgIpc) is 2.84. The fraction of sp³-hybridized carbons (Fsp3) is 0.0385. The molecule has 1 heterocycles. The molecule has 1 aliphatic heterocycles. The van der Waals surface area contributed by atoms with E-state index in [1.165, 1.54) is 0 Å². The molecule has 5 heteroatoms. The van der Waals surface area contributed by atoms with Gasteiger partial charge in [0.05, 0.1) is 17.2 Å². The van der Waals surface area contributed by atoms with E-state index in [1.54, 1.807) is 47.5 Å². The number of nitrogens with zero attached hydrogens (tertiary/aromatic N) is 2. The Hall–Kier alpha value is -4.43. The zero-order chi connectivity index (χ0) is 21.6. The van der Waals surface area contributed by atoms with Gasteiger partial charge in [0, 0.05) is 17.6 Å². The van der Waals surface area contributed by atoms with E-state index in [1.807, 2.05) is 54.6 Å². The van der Waals surface area contributed by atoms with Gasteiger partial charge in [0.1, 0.15) is 12.3 Å². The largest absolute Gasteiger partial charge is 0.333 e. The highest BCUT2D eigenvalue weighted by Crippen LogP contribution is 2.33. The van der Waals surface area contributed by atoms with Crippen molar-refractivity contribution < 1.29 is 9.59 Å². The third kappa shape index (κ3) is 4.14. The normalized spacial score (nSPS) is 15.3. The molecule has 0 aromatic heterocycles. The molecule has 0 fully saturated rings. The van der Waals surface area contributed by atoms with Gasteiger partial charge >= 0.3 is 0 Å². The van der Waals surface area contributed by atoms with Crippen molar-refractivity contribution in [3.05, 3.63) is 114 Å². The van der Waals surface area contributed by atoms with E-state index in [0.717, 1.165) is 12.0 Å². The summed E-state index contributed by atoms with van der Waals surface area (Å²) in [6.07, 6.45) is 4.19. The minimum Gasteiger partial charge on any atom is -0.333 e. The lowest BCUT2D eigenvalue weighted by atomic mass is 9.90. The SMILES string of the molecule is N#Cc1ccccc1C1=CC(C(=O)Nc2ccccc2)=CN(c2ccccc2)C1C=O. The molecular weight excluding hydrogens is 386 g/mol. The second-order valence-electron chi connectivity index (χ2n) is 6.99. The summed E-state index contributed by atoms with van der Waals surface area (Å²) in [5.74, 6) is -0.302. The molecule has 1 aliphatic rings. The predicted octanol–water partition coefficient (Wildman–Crippen LogP) is 4.55. The lowest BCUT2D eigenvalue weighted by Crippen LogP contribution is -2.37. The molecule has 5 nitrogen and oxygen atoms in total. The Labute approximate surface area is 180 Å². The number of rotatable bonds is 5. The van der Waals surface area contributed by atoms with Crippen molar-refractivity contribution in [2.45, 2.75) is 6.04 Å². The number of aldehydes is 1. The number of para-hydroxylation sites is 2. The fourth-order valence-electron chi connectivity index (χ4n) is 3.56. The van der Waals surface area contributed by atoms with Gasteiger partial charge in [-0.15, -0.1) is 0 Å². The first-order valence-corrected chi connectivity index (χ1v) is 9.79. The maximum atomic E-state index is 13.1. The summed E-state index contributed by atoms with van der Waals surface area (Å²) in [7, 11) is 0. The van der Waals surface area contributed by atoms with Gasteiger partial charge in [-0.2, -0.15) is 5.26 Å². The minimum absolute atomic E-state index is 0.302. The van der Waals surface area contributed by atoms with Crippen LogP contribution < -0.4 is 10.2 Å². The number of carbonyl (C=O) groups is 2. The van der Waals surface area contributed by atoms with E-state index in [2.05, 4.69) is 11.4 Å². The Morgan fingerprint density at radius 3 is 2.26 bits per heavy atom. The van der Waals surface area contributed by atoms with Crippen LogP contribution in [0.2, 0.25) is 0 Å². The number of nitrogens with one attached hydrogen (secondary N) is 1. The number of anilines is 2. The summed E-state index contributed by atoms with van der Waals surface area (Å²) < 4.78 is 0. The number of nitriles is 1. The monoisotopic (exact) mass is 405 g/mol. The first-order valence-electron chi connectivity index (χ1n) is 9.79. The Bertz CT molecular complexity index is 1210. The lowest BCUT2D eigenvalue weighted by Gasteiger charge is -2.33. The van der Waals surface area contributed by atoms with Crippen molar-refractivity contribution in [3.8, 4) is 6.07 Å². The van der Waals surface area contributed by atoms with E-state index in [0.29, 0.717) is 28.0 Å². The van der Waals surface area contributed by atoms with E-state index in [9.17, 15) is 14.9 Å². The van der Waals surface area contributed by atoms with Crippen LogP contribution in [0.4, 0.5) is 11.4 Å². The lowest BCUT2D eigenvalue weighted by molar-refractivity contribution is -0.112. The Morgan fingerprint density at radius 2 is 1.58 bits per heavy atom. The second kappa shape index (κ2) is 8.93. The predicted molar refractivity (Wildman–Crippen MR) is 121 cm³/mol. The third-order valence-electron chi connectivity index (χ3n) is 5.04. The quantitative estimate of drug-likeness (QED) is 0.632. The highest BCUT2D eigenvalue weighted by Gasteiger charge is 2.29. The molecule has 150 valence electrons. The number of hydrogen-bond acceptors (Lipinski definition) is 4. The minimum atomic E-state index is -0.676. The van der Waals surface area contributed by atoms with E-state index < -0.39 is 6.04 Å². The molecule has 0 spiro atoms. The van der Waals surface area contributed by atoms with Crippen LogP contribution in [-0.4, -0.2) is 18.2 Å². The molecule has 0 saturated carbocycles. The summed E-state index contributed by atoms with van der Waals surface area (Å²) in [6, 6.07) is 27.1. The molecule has 0 aliphatic carbocycles. The maximum absolute atomic E-state index is 13.1. The zero-order valence-corrected chi connectivity index (χ0v) is 16.6. The number of hydrogen-bond donors (Lipinski definition) is 1. The van der Waals surface area contributed by atoms with Crippen LogP contribution in [0.15, 0.2) is 103 Å². The smallest absolute Gasteiger partial charge is 0.257 e. The first-order chi connectivity index (χ1) is 15.2. The average molecular weight is 405 g/mol. The maximum Gasteiger partial charge on any atom is 0.257 e. The Kier molecular flexibility index (Phi) is 5.72. The summed E-state index contributed by atoms with van der Waals surface area (Å²) in [6.45, 7) is 0. The number of amides is 1. The van der Waals surface area contributed by atoms with Crippen molar-refractivity contribution in [3.63, 3.8) is 0 Å². The van der Waals surface area contributed by atoms with Crippen LogP contribution in [-0.2, 0) is 9.59 Å². The van der Waals surface area contributed by atoms with Gasteiger partial charge in [-0.05, 0) is 47.5 Å². The van der Waals surface area contributed by atoms with E-state index >= 15 is 0 Å². The van der Waals surface area contributed by atoms with Crippen molar-refractivity contribution in [2.75, 3.05) is 10.2 Å². The molecule has 0 radical (unpaired) electrons. The van der Waals surface area contributed by atoms with Crippen LogP contribution in [0.25, 0.3) is 5.57 Å². The van der Waals surface area contributed by atoms with Crippen molar-refractivity contribution in [2.24, 2.45) is 0 Å². The van der Waals surface area contributed by atoms with Crippen LogP contribution in [0, 0.1) is 11.3 Å². The van der Waals surface area contributed by atoms with Crippen LogP contribution in [0.5, 0.6) is 0 Å². The highest BCUT2D eigenvalue weighted by molar-refractivity contribution is 6.09. The molecular formula is C26H19N3O2. The van der Waals surface area contributed by atoms with Crippen molar-refractivity contribution in [1.82, 2.24) is 0 Å². The molecule has 1 amide bonds.